The molecule has 104 valence electrons. The molecule has 2 amide bonds. The summed E-state index contributed by atoms with van der Waals surface area (Å²) in [6.45, 7) is 7.20. The lowest BCUT2D eigenvalue weighted by atomic mass is 9.88. The Kier molecular flexibility index (Phi) is 3.34. The first-order chi connectivity index (χ1) is 9.36. The zero-order chi connectivity index (χ0) is 15.1. The second-order valence-electron chi connectivity index (χ2n) is 5.45. The van der Waals surface area contributed by atoms with Crippen molar-refractivity contribution in [2.45, 2.75) is 39.7 Å². The van der Waals surface area contributed by atoms with Gasteiger partial charge in [-0.25, -0.2) is 4.98 Å². The summed E-state index contributed by atoms with van der Waals surface area (Å²) in [5.74, 6) is -1.07. The van der Waals surface area contributed by atoms with Crippen molar-refractivity contribution in [1.82, 2.24) is 9.88 Å². The van der Waals surface area contributed by atoms with Crippen molar-refractivity contribution in [2.24, 2.45) is 5.92 Å². The van der Waals surface area contributed by atoms with E-state index in [0.29, 0.717) is 5.56 Å². The highest BCUT2D eigenvalue weighted by Crippen LogP contribution is 2.33. The average molecular weight is 271 g/mol. The van der Waals surface area contributed by atoms with Gasteiger partial charge in [0.2, 0.25) is 0 Å². The summed E-state index contributed by atoms with van der Waals surface area (Å²) in [4.78, 5) is 30.1. The number of amides is 2. The van der Waals surface area contributed by atoms with Crippen LogP contribution in [0.3, 0.4) is 0 Å². The minimum Gasteiger partial charge on any atom is -0.268 e. The van der Waals surface area contributed by atoms with Crippen LogP contribution in [0.1, 0.15) is 54.1 Å². The molecule has 2 rings (SSSR count). The van der Waals surface area contributed by atoms with Crippen molar-refractivity contribution in [3.63, 3.8) is 0 Å². The van der Waals surface area contributed by atoms with Crippen LogP contribution < -0.4 is 0 Å². The fourth-order valence-electron chi connectivity index (χ4n) is 2.21. The Bertz CT molecular complexity index is 630. The Morgan fingerprint density at radius 1 is 1.40 bits per heavy atom. The van der Waals surface area contributed by atoms with Crippen LogP contribution in [-0.4, -0.2) is 27.2 Å². The van der Waals surface area contributed by atoms with E-state index in [1.54, 1.807) is 19.2 Å². The molecule has 20 heavy (non-hydrogen) atoms. The van der Waals surface area contributed by atoms with Crippen molar-refractivity contribution in [3.8, 4) is 6.07 Å². The van der Waals surface area contributed by atoms with Crippen molar-refractivity contribution in [3.05, 3.63) is 29.1 Å². The van der Waals surface area contributed by atoms with Gasteiger partial charge in [0.05, 0.1) is 11.6 Å². The molecule has 0 spiro atoms. The smallest absolute Gasteiger partial charge is 0.268 e. The molecule has 1 aromatic heterocycles. The summed E-state index contributed by atoms with van der Waals surface area (Å²) in [5, 5.41) is 9.41. The lowest BCUT2D eigenvalue weighted by molar-refractivity contribution is 0.0463. The third-order valence-corrected chi connectivity index (χ3v) is 4.01. The van der Waals surface area contributed by atoms with E-state index in [4.69, 9.17) is 0 Å². The normalized spacial score (nSPS) is 17.1. The first-order valence-corrected chi connectivity index (χ1v) is 6.65. The predicted molar refractivity (Wildman–Crippen MR) is 73.0 cm³/mol. The van der Waals surface area contributed by atoms with Gasteiger partial charge in [-0.3, -0.25) is 14.5 Å². The molecule has 2 heterocycles. The number of nitrogens with zero attached hydrogens (tertiary/aromatic N) is 3. The molecule has 0 fully saturated rings. The number of pyridine rings is 1. The lowest BCUT2D eigenvalue weighted by Gasteiger charge is -2.34. The molecule has 5 heteroatoms. The molecular weight excluding hydrogens is 254 g/mol. The number of carbonyl (C=O) groups is 2. The second-order valence-corrected chi connectivity index (χ2v) is 5.45. The maximum absolute atomic E-state index is 12.5. The molecule has 1 aliphatic rings. The number of aromatic nitrogens is 1. The van der Waals surface area contributed by atoms with Gasteiger partial charge in [0.15, 0.2) is 0 Å². The maximum atomic E-state index is 12.5. The number of hydrogen-bond donors (Lipinski definition) is 0. The Labute approximate surface area is 118 Å². The van der Waals surface area contributed by atoms with Gasteiger partial charge in [0, 0.05) is 6.20 Å². The van der Waals surface area contributed by atoms with E-state index >= 15 is 0 Å². The summed E-state index contributed by atoms with van der Waals surface area (Å²) in [6, 6.07) is 3.80. The monoisotopic (exact) mass is 271 g/mol. The third kappa shape index (κ3) is 1.80. The molecule has 5 nitrogen and oxygen atoms in total. The van der Waals surface area contributed by atoms with Gasteiger partial charge < -0.3 is 0 Å². The molecule has 0 saturated heterocycles. The molecular formula is C15H17N3O2. The summed E-state index contributed by atoms with van der Waals surface area (Å²) < 4.78 is 0. The van der Waals surface area contributed by atoms with E-state index < -0.39 is 17.4 Å². The Balaban J connectivity index is 2.55. The highest BCUT2D eigenvalue weighted by molar-refractivity contribution is 6.21. The molecule has 0 N–H and O–H groups in total. The van der Waals surface area contributed by atoms with Crippen LogP contribution >= 0.6 is 0 Å². The van der Waals surface area contributed by atoms with Gasteiger partial charge in [0.25, 0.3) is 11.8 Å². The topological polar surface area (TPSA) is 74.1 Å². The van der Waals surface area contributed by atoms with Crippen molar-refractivity contribution in [1.29, 1.82) is 5.26 Å². The van der Waals surface area contributed by atoms with Crippen LogP contribution in [0.2, 0.25) is 0 Å². The standard InChI is InChI=1S/C15H17N3O2/c1-5-10-6-11-12(17-7-10)14(20)18(13(11)19)15(4,8-16)9(2)3/h6-7,9H,5H2,1-4H3. The Hall–Kier alpha value is -2.22. The highest BCUT2D eigenvalue weighted by atomic mass is 16.2. The Morgan fingerprint density at radius 3 is 2.55 bits per heavy atom. The number of nitriles is 1. The second kappa shape index (κ2) is 4.71. The van der Waals surface area contributed by atoms with Crippen molar-refractivity contribution in [2.75, 3.05) is 0 Å². The van der Waals surface area contributed by atoms with Crippen molar-refractivity contribution >= 4 is 11.8 Å². The number of fused-ring (bicyclic) bond motifs is 1. The number of rotatable bonds is 3. The van der Waals surface area contributed by atoms with Gasteiger partial charge in [-0.05, 0) is 30.9 Å². The van der Waals surface area contributed by atoms with Crippen LogP contribution in [0.15, 0.2) is 12.3 Å². The van der Waals surface area contributed by atoms with E-state index in [1.807, 2.05) is 20.8 Å². The molecule has 1 unspecified atom stereocenters. The summed E-state index contributed by atoms with van der Waals surface area (Å²) in [5.41, 5.74) is 0.182. The number of aryl methyl sites for hydroxylation is 1. The van der Waals surface area contributed by atoms with Crippen molar-refractivity contribution < 1.29 is 9.59 Å². The summed E-state index contributed by atoms with van der Waals surface area (Å²) in [6.07, 6.45) is 2.34. The predicted octanol–water partition coefficient (Wildman–Crippen LogP) is 2.18. The van der Waals surface area contributed by atoms with Gasteiger partial charge in [-0.2, -0.15) is 5.26 Å². The number of hydrogen-bond acceptors (Lipinski definition) is 4. The maximum Gasteiger partial charge on any atom is 0.281 e. The van der Waals surface area contributed by atoms with E-state index in [2.05, 4.69) is 11.1 Å². The zero-order valence-corrected chi connectivity index (χ0v) is 12.1. The molecule has 0 saturated carbocycles. The molecule has 0 aromatic carbocycles. The zero-order valence-electron chi connectivity index (χ0n) is 12.1. The summed E-state index contributed by atoms with van der Waals surface area (Å²) in [7, 11) is 0. The molecule has 1 aliphatic heterocycles. The molecule has 1 atom stereocenters. The quantitative estimate of drug-likeness (QED) is 0.790. The third-order valence-electron chi connectivity index (χ3n) is 4.01. The van der Waals surface area contributed by atoms with Crippen LogP contribution in [-0.2, 0) is 6.42 Å². The molecule has 0 aliphatic carbocycles. The van der Waals surface area contributed by atoms with E-state index in [9.17, 15) is 14.9 Å². The van der Waals surface area contributed by atoms with E-state index in [1.165, 1.54) is 0 Å². The highest BCUT2D eigenvalue weighted by Gasteiger charge is 2.49. The van der Waals surface area contributed by atoms with Crippen LogP contribution in [0, 0.1) is 17.2 Å². The minimum absolute atomic E-state index is 0.148. The molecule has 0 bridgehead atoms. The van der Waals surface area contributed by atoms with Gasteiger partial charge >= 0.3 is 0 Å². The van der Waals surface area contributed by atoms with Gasteiger partial charge in [0.1, 0.15) is 11.2 Å². The lowest BCUT2D eigenvalue weighted by Crippen LogP contribution is -2.52. The first kappa shape index (κ1) is 14.2. The number of imide groups is 1. The molecule has 0 radical (unpaired) electrons. The van der Waals surface area contributed by atoms with Gasteiger partial charge in [-0.1, -0.05) is 20.8 Å². The SMILES string of the molecule is CCc1cnc2c(c1)C(=O)N(C(C)(C#N)C(C)C)C2=O. The Morgan fingerprint density at radius 2 is 2.05 bits per heavy atom. The van der Waals surface area contributed by atoms with Crippen LogP contribution in [0.25, 0.3) is 0 Å². The van der Waals surface area contributed by atoms with Gasteiger partial charge in [-0.15, -0.1) is 0 Å². The molecule has 1 aromatic rings. The van der Waals surface area contributed by atoms with Crippen LogP contribution in [0.4, 0.5) is 0 Å². The fourth-order valence-corrected chi connectivity index (χ4v) is 2.21. The first-order valence-electron chi connectivity index (χ1n) is 6.65. The minimum atomic E-state index is -1.17. The largest absolute Gasteiger partial charge is 0.281 e. The summed E-state index contributed by atoms with van der Waals surface area (Å²) >= 11 is 0. The number of carbonyl (C=O) groups excluding carboxylic acids is 2. The van der Waals surface area contributed by atoms with Crippen LogP contribution in [0.5, 0.6) is 0 Å². The van der Waals surface area contributed by atoms with E-state index in [0.717, 1.165) is 16.9 Å². The fraction of sp³-hybridized carbons (Fsp3) is 0.467. The van der Waals surface area contributed by atoms with E-state index in [-0.39, 0.29) is 11.6 Å². The average Bonchev–Trinajstić information content (AvgIpc) is 2.69.